The van der Waals surface area contributed by atoms with Crippen LogP contribution in [-0.2, 0) is 0 Å². The Morgan fingerprint density at radius 1 is 1.09 bits per heavy atom. The van der Waals surface area contributed by atoms with Crippen LogP contribution in [0.15, 0.2) is 12.1 Å². The number of nitrogens with zero attached hydrogens (tertiary/aromatic N) is 4. The molecule has 0 radical (unpaired) electrons. The summed E-state index contributed by atoms with van der Waals surface area (Å²) in [5.74, 6) is 0.780. The molecule has 120 valence electrons. The van der Waals surface area contributed by atoms with Crippen LogP contribution in [0.5, 0.6) is 0 Å². The summed E-state index contributed by atoms with van der Waals surface area (Å²) in [6, 6.07) is 3.97. The van der Waals surface area contributed by atoms with Crippen LogP contribution in [0, 0.1) is 0 Å². The Bertz CT molecular complexity index is 490. The first-order valence-corrected chi connectivity index (χ1v) is 8.30. The van der Waals surface area contributed by atoms with E-state index in [0.717, 1.165) is 44.8 Å². The third-order valence-corrected chi connectivity index (χ3v) is 4.62. The maximum atomic E-state index is 12.2. The van der Waals surface area contributed by atoms with Gasteiger partial charge in [-0.25, -0.2) is 0 Å². The van der Waals surface area contributed by atoms with Crippen molar-refractivity contribution in [2.24, 2.45) is 0 Å². The van der Waals surface area contributed by atoms with Gasteiger partial charge in [-0.2, -0.15) is 0 Å². The molecule has 6 heteroatoms. The molecule has 1 aromatic heterocycles. The minimum absolute atomic E-state index is 0.104. The Balaban J connectivity index is 1.56. The summed E-state index contributed by atoms with van der Waals surface area (Å²) in [7, 11) is 2.11. The predicted octanol–water partition coefficient (Wildman–Crippen LogP) is 1.29. The molecule has 2 saturated heterocycles. The number of amides is 1. The van der Waals surface area contributed by atoms with Gasteiger partial charge in [-0.15, -0.1) is 10.2 Å². The van der Waals surface area contributed by atoms with Crippen molar-refractivity contribution in [3.05, 3.63) is 17.8 Å². The molecule has 0 spiro atoms. The molecule has 0 unspecified atom stereocenters. The maximum absolute atomic E-state index is 12.2. The van der Waals surface area contributed by atoms with Crippen molar-refractivity contribution in [3.8, 4) is 0 Å². The highest BCUT2D eigenvalue weighted by molar-refractivity contribution is 5.92. The van der Waals surface area contributed by atoms with Crippen LogP contribution < -0.4 is 10.2 Å². The van der Waals surface area contributed by atoms with Crippen LogP contribution in [0.25, 0.3) is 0 Å². The van der Waals surface area contributed by atoms with Crippen molar-refractivity contribution in [3.63, 3.8) is 0 Å². The molecule has 0 bridgehead atoms. The molecule has 1 N–H and O–H groups in total. The average Bonchev–Trinajstić information content (AvgIpc) is 2.58. The zero-order valence-electron chi connectivity index (χ0n) is 13.3. The van der Waals surface area contributed by atoms with Gasteiger partial charge in [0, 0.05) is 19.1 Å². The lowest BCUT2D eigenvalue weighted by molar-refractivity contribution is 0.0911. The highest BCUT2D eigenvalue weighted by Crippen LogP contribution is 2.16. The topological polar surface area (TPSA) is 61.4 Å². The summed E-state index contributed by atoms with van der Waals surface area (Å²) in [5, 5.41) is 11.4. The molecule has 0 aliphatic carbocycles. The Hall–Kier alpha value is -1.69. The highest BCUT2D eigenvalue weighted by atomic mass is 16.2. The fourth-order valence-electron chi connectivity index (χ4n) is 3.15. The SMILES string of the molecule is CN1CCC(NC(=O)c2ccc(N3CCCCC3)nn2)CC1. The molecule has 22 heavy (non-hydrogen) atoms. The number of carbonyl (C=O) groups is 1. The van der Waals surface area contributed by atoms with Crippen molar-refractivity contribution < 1.29 is 4.79 Å². The molecule has 0 atom stereocenters. The molecule has 2 fully saturated rings. The zero-order valence-corrected chi connectivity index (χ0v) is 13.3. The van der Waals surface area contributed by atoms with Crippen molar-refractivity contribution in [2.75, 3.05) is 38.1 Å². The van der Waals surface area contributed by atoms with Gasteiger partial charge in [0.2, 0.25) is 0 Å². The zero-order chi connectivity index (χ0) is 15.4. The number of aromatic nitrogens is 2. The van der Waals surface area contributed by atoms with Gasteiger partial charge in [0.15, 0.2) is 11.5 Å². The van der Waals surface area contributed by atoms with Crippen LogP contribution in [0.2, 0.25) is 0 Å². The van der Waals surface area contributed by atoms with Crippen molar-refractivity contribution >= 4 is 11.7 Å². The number of carbonyl (C=O) groups excluding carboxylic acids is 1. The number of anilines is 1. The quantitative estimate of drug-likeness (QED) is 0.912. The molecule has 0 saturated carbocycles. The van der Waals surface area contributed by atoms with Gasteiger partial charge >= 0.3 is 0 Å². The Labute approximate surface area is 131 Å². The first-order valence-electron chi connectivity index (χ1n) is 8.30. The van der Waals surface area contributed by atoms with Crippen molar-refractivity contribution in [1.29, 1.82) is 0 Å². The van der Waals surface area contributed by atoms with E-state index in [-0.39, 0.29) is 11.9 Å². The van der Waals surface area contributed by atoms with Gasteiger partial charge in [0.05, 0.1) is 0 Å². The van der Waals surface area contributed by atoms with E-state index in [0.29, 0.717) is 5.69 Å². The summed E-state index contributed by atoms with van der Waals surface area (Å²) in [6.45, 7) is 4.14. The summed E-state index contributed by atoms with van der Waals surface area (Å²) in [5.41, 5.74) is 0.416. The van der Waals surface area contributed by atoms with E-state index in [4.69, 9.17) is 0 Å². The Kier molecular flexibility index (Phi) is 4.87. The van der Waals surface area contributed by atoms with E-state index in [1.165, 1.54) is 19.3 Å². The summed E-state index contributed by atoms with van der Waals surface area (Å²) in [6.07, 6.45) is 5.71. The summed E-state index contributed by atoms with van der Waals surface area (Å²) >= 11 is 0. The minimum atomic E-state index is -0.104. The number of likely N-dealkylation sites (tertiary alicyclic amines) is 1. The van der Waals surface area contributed by atoms with Gasteiger partial charge < -0.3 is 15.1 Å². The van der Waals surface area contributed by atoms with E-state index in [2.05, 4.69) is 32.4 Å². The normalized spacial score (nSPS) is 20.9. The standard InChI is InChI=1S/C16H25N5O/c1-20-11-7-13(8-12-20)17-16(22)14-5-6-15(19-18-14)21-9-3-2-4-10-21/h5-6,13H,2-4,7-12H2,1H3,(H,17,22). The van der Waals surface area contributed by atoms with Gasteiger partial charge in [0.25, 0.3) is 5.91 Å². The van der Waals surface area contributed by atoms with Gasteiger partial charge in [-0.3, -0.25) is 4.79 Å². The molecular formula is C16H25N5O. The lowest BCUT2D eigenvalue weighted by Crippen LogP contribution is -2.43. The maximum Gasteiger partial charge on any atom is 0.272 e. The molecule has 1 aromatic rings. The molecular weight excluding hydrogens is 278 g/mol. The second-order valence-corrected chi connectivity index (χ2v) is 6.38. The smallest absolute Gasteiger partial charge is 0.272 e. The molecule has 2 aliphatic rings. The van der Waals surface area contributed by atoms with Crippen LogP contribution in [0.3, 0.4) is 0 Å². The van der Waals surface area contributed by atoms with Crippen LogP contribution in [0.1, 0.15) is 42.6 Å². The van der Waals surface area contributed by atoms with E-state index in [1.54, 1.807) is 6.07 Å². The predicted molar refractivity (Wildman–Crippen MR) is 86.1 cm³/mol. The van der Waals surface area contributed by atoms with Crippen molar-refractivity contribution in [1.82, 2.24) is 20.4 Å². The third kappa shape index (κ3) is 3.74. The molecule has 3 rings (SSSR count). The summed E-state index contributed by atoms with van der Waals surface area (Å²) < 4.78 is 0. The number of hydrogen-bond acceptors (Lipinski definition) is 5. The van der Waals surface area contributed by atoms with E-state index < -0.39 is 0 Å². The van der Waals surface area contributed by atoms with Gasteiger partial charge in [-0.05, 0) is 64.4 Å². The minimum Gasteiger partial charge on any atom is -0.355 e. The first-order chi connectivity index (χ1) is 10.7. The number of nitrogens with one attached hydrogen (secondary N) is 1. The number of hydrogen-bond donors (Lipinski definition) is 1. The van der Waals surface area contributed by atoms with Crippen LogP contribution in [0.4, 0.5) is 5.82 Å². The molecule has 0 aromatic carbocycles. The lowest BCUT2D eigenvalue weighted by Gasteiger charge is -2.29. The lowest BCUT2D eigenvalue weighted by atomic mass is 10.1. The fourth-order valence-corrected chi connectivity index (χ4v) is 3.15. The molecule has 3 heterocycles. The van der Waals surface area contributed by atoms with Gasteiger partial charge in [0.1, 0.15) is 0 Å². The highest BCUT2D eigenvalue weighted by Gasteiger charge is 2.20. The molecule has 1 amide bonds. The summed E-state index contributed by atoms with van der Waals surface area (Å²) in [4.78, 5) is 16.8. The van der Waals surface area contributed by atoms with Gasteiger partial charge in [-0.1, -0.05) is 0 Å². The molecule has 6 nitrogen and oxygen atoms in total. The largest absolute Gasteiger partial charge is 0.355 e. The monoisotopic (exact) mass is 303 g/mol. The third-order valence-electron chi connectivity index (χ3n) is 4.62. The number of piperidine rings is 2. The first kappa shape index (κ1) is 15.2. The van der Waals surface area contributed by atoms with E-state index >= 15 is 0 Å². The van der Waals surface area contributed by atoms with E-state index in [1.807, 2.05) is 6.07 Å². The van der Waals surface area contributed by atoms with Crippen LogP contribution in [-0.4, -0.2) is 60.3 Å². The second-order valence-electron chi connectivity index (χ2n) is 6.38. The van der Waals surface area contributed by atoms with Crippen LogP contribution >= 0.6 is 0 Å². The Morgan fingerprint density at radius 2 is 1.82 bits per heavy atom. The number of rotatable bonds is 3. The molecule has 2 aliphatic heterocycles. The fraction of sp³-hybridized carbons (Fsp3) is 0.688. The Morgan fingerprint density at radius 3 is 2.45 bits per heavy atom. The van der Waals surface area contributed by atoms with E-state index in [9.17, 15) is 4.79 Å². The average molecular weight is 303 g/mol. The second kappa shape index (κ2) is 7.05. The van der Waals surface area contributed by atoms with Crippen molar-refractivity contribution in [2.45, 2.75) is 38.1 Å².